The van der Waals surface area contributed by atoms with Crippen LogP contribution in [0.15, 0.2) is 42.6 Å². The number of pyridine rings is 1. The predicted octanol–water partition coefficient (Wildman–Crippen LogP) is 2.16. The first-order valence-corrected chi connectivity index (χ1v) is 12.5. The summed E-state index contributed by atoms with van der Waals surface area (Å²) in [6, 6.07) is 11.5. The van der Waals surface area contributed by atoms with Gasteiger partial charge in [0, 0.05) is 38.9 Å². The van der Waals surface area contributed by atoms with E-state index in [0.29, 0.717) is 37.8 Å². The summed E-state index contributed by atoms with van der Waals surface area (Å²) in [6.45, 7) is 8.17. The summed E-state index contributed by atoms with van der Waals surface area (Å²) >= 11 is 0. The lowest BCUT2D eigenvalue weighted by Crippen LogP contribution is -2.50. The Morgan fingerprint density at radius 1 is 1.16 bits per heavy atom. The molecular weight excluding hydrogens is 428 g/mol. The lowest BCUT2D eigenvalue weighted by Gasteiger charge is -2.34. The van der Waals surface area contributed by atoms with E-state index in [0.717, 1.165) is 11.4 Å². The molecule has 2 heterocycles. The molecule has 1 aromatic carbocycles. The fraction of sp³-hybridized carbons (Fsp3) is 0.478. The zero-order valence-corrected chi connectivity index (χ0v) is 19.8. The minimum absolute atomic E-state index is 0.0519. The molecule has 1 aliphatic rings. The summed E-state index contributed by atoms with van der Waals surface area (Å²) in [5, 5.41) is 2.64. The van der Waals surface area contributed by atoms with Crippen LogP contribution in [-0.2, 0) is 14.8 Å². The van der Waals surface area contributed by atoms with Crippen LogP contribution in [0, 0.1) is 6.92 Å². The number of benzene rings is 1. The fourth-order valence-corrected chi connectivity index (χ4v) is 5.11. The molecule has 0 spiro atoms. The van der Waals surface area contributed by atoms with Crippen molar-refractivity contribution in [3.8, 4) is 5.75 Å². The average molecular weight is 461 g/mol. The van der Waals surface area contributed by atoms with Crippen molar-refractivity contribution in [3.05, 3.63) is 53.7 Å². The lowest BCUT2D eigenvalue weighted by atomic mass is 9.98. The molecule has 0 aliphatic carbocycles. The summed E-state index contributed by atoms with van der Waals surface area (Å²) in [6.07, 6.45) is 1.73. The number of nitrogens with zero attached hydrogens (tertiary/aromatic N) is 3. The van der Waals surface area contributed by atoms with Gasteiger partial charge in [-0.15, -0.1) is 0 Å². The Hall–Kier alpha value is -2.65. The number of aryl methyl sites for hydroxylation is 1. The van der Waals surface area contributed by atoms with Gasteiger partial charge >= 0.3 is 0 Å². The van der Waals surface area contributed by atoms with Crippen molar-refractivity contribution < 1.29 is 17.9 Å². The molecule has 174 valence electrons. The molecule has 0 atom stereocenters. The molecule has 1 aromatic heterocycles. The maximum absolute atomic E-state index is 12.6. The summed E-state index contributed by atoms with van der Waals surface area (Å²) in [5.74, 6) is 1.43. The van der Waals surface area contributed by atoms with Gasteiger partial charge in [-0.05, 0) is 48.2 Å². The van der Waals surface area contributed by atoms with E-state index in [-0.39, 0.29) is 24.8 Å². The number of hydrogen-bond donors (Lipinski definition) is 1. The number of aromatic nitrogens is 1. The molecule has 3 rings (SSSR count). The monoisotopic (exact) mass is 460 g/mol. The van der Waals surface area contributed by atoms with Crippen LogP contribution >= 0.6 is 0 Å². The number of amides is 1. The molecule has 0 bridgehead atoms. The van der Waals surface area contributed by atoms with Crippen LogP contribution < -0.4 is 15.0 Å². The van der Waals surface area contributed by atoms with Crippen LogP contribution in [0.5, 0.6) is 5.75 Å². The van der Waals surface area contributed by atoms with E-state index in [1.54, 1.807) is 6.20 Å². The number of carbonyl (C=O) groups excluding carboxylic acids is 1. The third-order valence-electron chi connectivity index (χ3n) is 5.52. The van der Waals surface area contributed by atoms with Crippen molar-refractivity contribution in [1.29, 1.82) is 0 Å². The van der Waals surface area contributed by atoms with Gasteiger partial charge in [0.2, 0.25) is 10.0 Å². The van der Waals surface area contributed by atoms with Crippen molar-refractivity contribution in [2.24, 2.45) is 0 Å². The van der Waals surface area contributed by atoms with Gasteiger partial charge in [-0.1, -0.05) is 26.0 Å². The van der Waals surface area contributed by atoms with E-state index in [1.807, 2.05) is 43.3 Å². The number of ether oxygens (including phenoxy) is 1. The number of carbonyl (C=O) groups is 1. The number of sulfonamides is 1. The number of hydrogen-bond acceptors (Lipinski definition) is 6. The van der Waals surface area contributed by atoms with Gasteiger partial charge in [-0.3, -0.25) is 4.79 Å². The van der Waals surface area contributed by atoms with Gasteiger partial charge in [0.15, 0.2) is 6.61 Å². The molecule has 32 heavy (non-hydrogen) atoms. The third kappa shape index (κ3) is 6.43. The highest BCUT2D eigenvalue weighted by atomic mass is 32.2. The molecule has 9 heteroatoms. The zero-order chi connectivity index (χ0) is 23.1. The number of piperazine rings is 1. The first kappa shape index (κ1) is 24.0. The van der Waals surface area contributed by atoms with E-state index in [9.17, 15) is 13.2 Å². The third-order valence-corrected chi connectivity index (χ3v) is 7.39. The molecule has 1 amide bonds. The summed E-state index contributed by atoms with van der Waals surface area (Å²) < 4.78 is 32.3. The van der Waals surface area contributed by atoms with Gasteiger partial charge in [-0.2, -0.15) is 4.31 Å². The highest BCUT2D eigenvalue weighted by Gasteiger charge is 2.27. The number of nitrogens with one attached hydrogen (secondary N) is 1. The standard InChI is InChI=1S/C23H32N4O4S/c1-18(2)21-8-7-20(16-19(21)3)31-17-23(28)25-10-15-32(29,30)27-13-11-26(12-14-27)22-6-4-5-9-24-22/h4-9,16,18H,10-15,17H2,1-3H3,(H,25,28). The smallest absolute Gasteiger partial charge is 0.257 e. The average Bonchev–Trinajstić information content (AvgIpc) is 2.78. The SMILES string of the molecule is Cc1cc(OCC(=O)NCCS(=O)(=O)N2CCN(c3ccccn3)CC2)ccc1C(C)C. The van der Waals surface area contributed by atoms with Crippen molar-refractivity contribution in [3.63, 3.8) is 0 Å². The molecule has 1 fully saturated rings. The molecule has 1 aliphatic heterocycles. The van der Waals surface area contributed by atoms with Gasteiger partial charge in [0.05, 0.1) is 5.75 Å². The van der Waals surface area contributed by atoms with E-state index in [2.05, 4.69) is 29.0 Å². The molecule has 0 radical (unpaired) electrons. The second kappa shape index (κ2) is 10.8. The molecule has 0 unspecified atom stereocenters. The van der Waals surface area contributed by atoms with Crippen LogP contribution in [0.3, 0.4) is 0 Å². The topological polar surface area (TPSA) is 91.8 Å². The Bertz CT molecular complexity index is 1000. The highest BCUT2D eigenvalue weighted by molar-refractivity contribution is 7.89. The lowest BCUT2D eigenvalue weighted by molar-refractivity contribution is -0.122. The number of rotatable bonds is 9. The molecule has 1 saturated heterocycles. The summed E-state index contributed by atoms with van der Waals surface area (Å²) in [7, 11) is -3.44. The van der Waals surface area contributed by atoms with Crippen LogP contribution in [0.25, 0.3) is 0 Å². The van der Waals surface area contributed by atoms with Crippen LogP contribution in [0.2, 0.25) is 0 Å². The second-order valence-corrected chi connectivity index (χ2v) is 10.3. The maximum atomic E-state index is 12.6. The predicted molar refractivity (Wildman–Crippen MR) is 126 cm³/mol. The van der Waals surface area contributed by atoms with Gasteiger partial charge in [0.1, 0.15) is 11.6 Å². The van der Waals surface area contributed by atoms with Crippen LogP contribution in [-0.4, -0.2) is 68.7 Å². The summed E-state index contributed by atoms with van der Waals surface area (Å²) in [4.78, 5) is 18.5. The minimum Gasteiger partial charge on any atom is -0.484 e. The van der Waals surface area contributed by atoms with E-state index >= 15 is 0 Å². The summed E-state index contributed by atoms with van der Waals surface area (Å²) in [5.41, 5.74) is 2.36. The van der Waals surface area contributed by atoms with Crippen molar-refractivity contribution in [2.45, 2.75) is 26.7 Å². The normalized spacial score (nSPS) is 15.1. The molecule has 8 nitrogen and oxygen atoms in total. The first-order valence-electron chi connectivity index (χ1n) is 10.9. The van der Waals surface area contributed by atoms with Crippen molar-refractivity contribution >= 4 is 21.7 Å². The van der Waals surface area contributed by atoms with E-state index in [4.69, 9.17) is 4.74 Å². The fourth-order valence-electron chi connectivity index (χ4n) is 3.77. The van der Waals surface area contributed by atoms with Crippen molar-refractivity contribution in [2.75, 3.05) is 50.0 Å². The molecule has 2 aromatic rings. The van der Waals surface area contributed by atoms with Crippen LogP contribution in [0.1, 0.15) is 30.9 Å². The van der Waals surface area contributed by atoms with E-state index < -0.39 is 10.0 Å². The van der Waals surface area contributed by atoms with Gasteiger partial charge < -0.3 is 15.0 Å². The Kier molecular flexibility index (Phi) is 8.09. The highest BCUT2D eigenvalue weighted by Crippen LogP contribution is 2.23. The quantitative estimate of drug-likeness (QED) is 0.617. The second-order valence-electron chi connectivity index (χ2n) is 8.20. The van der Waals surface area contributed by atoms with Gasteiger partial charge in [-0.25, -0.2) is 13.4 Å². The number of anilines is 1. The molecule has 1 N–H and O–H groups in total. The van der Waals surface area contributed by atoms with Crippen molar-refractivity contribution in [1.82, 2.24) is 14.6 Å². The largest absolute Gasteiger partial charge is 0.484 e. The molecule has 0 saturated carbocycles. The minimum atomic E-state index is -3.44. The Balaban J connectivity index is 1.40. The van der Waals surface area contributed by atoms with Crippen LogP contribution in [0.4, 0.5) is 5.82 Å². The maximum Gasteiger partial charge on any atom is 0.257 e. The first-order chi connectivity index (χ1) is 15.3. The Morgan fingerprint density at radius 3 is 2.53 bits per heavy atom. The zero-order valence-electron chi connectivity index (χ0n) is 19.0. The molecular formula is C23H32N4O4S. The van der Waals surface area contributed by atoms with E-state index in [1.165, 1.54) is 9.87 Å². The Morgan fingerprint density at radius 2 is 1.91 bits per heavy atom. The van der Waals surface area contributed by atoms with Gasteiger partial charge in [0.25, 0.3) is 5.91 Å². The Labute approximate surface area is 190 Å².